The second-order valence-corrected chi connectivity index (χ2v) is 15.6. The first-order chi connectivity index (χ1) is 29.3. The highest BCUT2D eigenvalue weighted by Crippen LogP contribution is 2.63. The number of para-hydroxylation sites is 2. The number of benzene rings is 10. The van der Waals surface area contributed by atoms with Gasteiger partial charge >= 0.3 is 0 Å². The maximum atomic E-state index is 6.96. The molecule has 1 atom stereocenters. The van der Waals surface area contributed by atoms with Gasteiger partial charge in [-0.2, -0.15) is 0 Å². The van der Waals surface area contributed by atoms with Crippen LogP contribution in [0.1, 0.15) is 22.3 Å². The van der Waals surface area contributed by atoms with Crippen LogP contribution in [-0.2, 0) is 5.41 Å². The molecular formula is C57H37NO. The molecule has 12 rings (SSSR count). The smallest absolute Gasteiger partial charge is 0.132 e. The first-order valence-electron chi connectivity index (χ1n) is 20.3. The Balaban J connectivity index is 1.13. The molecule has 2 aliphatic rings. The molecule has 0 saturated carbocycles. The molecule has 1 unspecified atom stereocenters. The lowest BCUT2D eigenvalue weighted by atomic mass is 9.66. The quantitative estimate of drug-likeness (QED) is 0.174. The van der Waals surface area contributed by atoms with Gasteiger partial charge in [-0.25, -0.2) is 0 Å². The van der Waals surface area contributed by atoms with E-state index in [9.17, 15) is 0 Å². The van der Waals surface area contributed by atoms with E-state index >= 15 is 0 Å². The van der Waals surface area contributed by atoms with E-state index in [0.717, 1.165) is 45.3 Å². The fourth-order valence-corrected chi connectivity index (χ4v) is 9.92. The first-order valence-corrected chi connectivity index (χ1v) is 20.3. The van der Waals surface area contributed by atoms with Gasteiger partial charge in [0.05, 0.1) is 16.8 Å². The standard InChI is InChI=1S/C57H37NO/c1-2-16-39(17-3-1)45-22-9-12-26-53(45)58(54-27-14-20-40-18-6-7-21-46(40)54)44-32-33-48-47-23-8-10-24-49(47)57(52(48)37-44)50-25-11-13-28-55(50)59-56-36-43(31-34-51(56)57)42-30-29-38-15-4-5-19-41(38)35-42/h1-37H. The highest BCUT2D eigenvalue weighted by Gasteiger charge is 2.51. The molecule has 59 heavy (non-hydrogen) atoms. The Morgan fingerprint density at radius 2 is 0.949 bits per heavy atom. The summed E-state index contributed by atoms with van der Waals surface area (Å²) in [5.41, 5.74) is 14.6. The normalized spacial score (nSPS) is 14.6. The first kappa shape index (κ1) is 33.5. The van der Waals surface area contributed by atoms with Gasteiger partial charge < -0.3 is 9.64 Å². The molecular weight excluding hydrogens is 715 g/mol. The van der Waals surface area contributed by atoms with E-state index < -0.39 is 5.41 Å². The van der Waals surface area contributed by atoms with E-state index in [2.05, 4.69) is 229 Å². The van der Waals surface area contributed by atoms with E-state index in [1.54, 1.807) is 0 Å². The van der Waals surface area contributed by atoms with Crippen molar-refractivity contribution in [2.45, 2.75) is 5.41 Å². The molecule has 1 aliphatic heterocycles. The molecule has 276 valence electrons. The second-order valence-electron chi connectivity index (χ2n) is 15.6. The van der Waals surface area contributed by atoms with Crippen LogP contribution in [0.25, 0.3) is 54.9 Å². The minimum absolute atomic E-state index is 0.628. The SMILES string of the molecule is c1ccc(-c2ccccc2N(c2ccc3c(c2)C2(c4ccccc4Oc4cc(-c5ccc6ccccc6c5)ccc42)c2ccccc2-3)c2cccc3ccccc23)cc1. The van der Waals surface area contributed by atoms with Crippen molar-refractivity contribution in [1.29, 1.82) is 0 Å². The van der Waals surface area contributed by atoms with Crippen LogP contribution in [0.3, 0.4) is 0 Å². The number of rotatable bonds is 5. The number of ether oxygens (including phenoxy) is 1. The summed E-state index contributed by atoms with van der Waals surface area (Å²) in [7, 11) is 0. The Hall–Kier alpha value is -7.68. The maximum absolute atomic E-state index is 6.96. The lowest BCUT2D eigenvalue weighted by Gasteiger charge is -2.40. The van der Waals surface area contributed by atoms with Crippen molar-refractivity contribution >= 4 is 38.6 Å². The van der Waals surface area contributed by atoms with Gasteiger partial charge in [0.15, 0.2) is 0 Å². The zero-order valence-corrected chi connectivity index (χ0v) is 32.2. The fraction of sp³-hybridized carbons (Fsp3) is 0.0175. The number of anilines is 3. The van der Waals surface area contributed by atoms with Crippen molar-refractivity contribution in [2.24, 2.45) is 0 Å². The topological polar surface area (TPSA) is 12.5 Å². The summed E-state index contributed by atoms with van der Waals surface area (Å²) in [6.45, 7) is 0. The Bertz CT molecular complexity index is 3270. The summed E-state index contributed by atoms with van der Waals surface area (Å²) in [5.74, 6) is 1.76. The predicted molar refractivity (Wildman–Crippen MR) is 244 cm³/mol. The van der Waals surface area contributed by atoms with Gasteiger partial charge in [0.25, 0.3) is 0 Å². The highest BCUT2D eigenvalue weighted by atomic mass is 16.5. The number of fused-ring (bicyclic) bond motifs is 11. The zero-order valence-electron chi connectivity index (χ0n) is 32.2. The van der Waals surface area contributed by atoms with E-state index in [0.29, 0.717) is 0 Å². The van der Waals surface area contributed by atoms with Gasteiger partial charge in [-0.3, -0.25) is 0 Å². The van der Waals surface area contributed by atoms with Gasteiger partial charge in [-0.15, -0.1) is 0 Å². The Kier molecular flexibility index (Phi) is 7.48. The molecule has 0 saturated heterocycles. The van der Waals surface area contributed by atoms with Gasteiger partial charge in [0, 0.05) is 27.8 Å². The zero-order chi connectivity index (χ0) is 38.9. The molecule has 1 spiro atoms. The van der Waals surface area contributed by atoms with E-state index in [-0.39, 0.29) is 0 Å². The monoisotopic (exact) mass is 751 g/mol. The maximum Gasteiger partial charge on any atom is 0.132 e. The van der Waals surface area contributed by atoms with Crippen molar-refractivity contribution in [3.8, 4) is 44.9 Å². The Morgan fingerprint density at radius 1 is 0.322 bits per heavy atom. The summed E-state index contributed by atoms with van der Waals surface area (Å²) < 4.78 is 6.96. The molecule has 0 bridgehead atoms. The van der Waals surface area contributed by atoms with Crippen LogP contribution >= 0.6 is 0 Å². The van der Waals surface area contributed by atoms with Crippen LogP contribution in [0.5, 0.6) is 11.5 Å². The van der Waals surface area contributed by atoms with Gasteiger partial charge in [0.1, 0.15) is 11.5 Å². The third-order valence-corrected chi connectivity index (χ3v) is 12.5. The third-order valence-electron chi connectivity index (χ3n) is 12.5. The molecule has 10 aromatic rings. The molecule has 0 fully saturated rings. The number of nitrogens with zero attached hydrogens (tertiary/aromatic N) is 1. The van der Waals surface area contributed by atoms with Crippen molar-refractivity contribution < 1.29 is 4.74 Å². The lowest BCUT2D eigenvalue weighted by Crippen LogP contribution is -2.32. The highest BCUT2D eigenvalue weighted by molar-refractivity contribution is 6.02. The van der Waals surface area contributed by atoms with Crippen LogP contribution < -0.4 is 9.64 Å². The van der Waals surface area contributed by atoms with E-state index in [4.69, 9.17) is 4.74 Å². The van der Waals surface area contributed by atoms with Gasteiger partial charge in [-0.1, -0.05) is 182 Å². The lowest BCUT2D eigenvalue weighted by molar-refractivity contribution is 0.436. The number of hydrogen-bond acceptors (Lipinski definition) is 2. The summed E-state index contributed by atoms with van der Waals surface area (Å²) in [6.07, 6.45) is 0. The predicted octanol–water partition coefficient (Wildman–Crippen LogP) is 15.3. The molecule has 2 heteroatoms. The summed E-state index contributed by atoms with van der Waals surface area (Å²) in [6, 6.07) is 81.7. The van der Waals surface area contributed by atoms with E-state index in [1.807, 2.05) is 0 Å². The molecule has 0 N–H and O–H groups in total. The second kappa shape index (κ2) is 13.2. The molecule has 0 amide bonds. The van der Waals surface area contributed by atoms with Gasteiger partial charge in [0.2, 0.25) is 0 Å². The third kappa shape index (κ3) is 5.06. The largest absolute Gasteiger partial charge is 0.457 e. The average molecular weight is 752 g/mol. The van der Waals surface area contributed by atoms with Crippen LogP contribution in [0, 0.1) is 0 Å². The minimum atomic E-state index is -0.628. The average Bonchev–Trinajstić information content (AvgIpc) is 3.59. The van der Waals surface area contributed by atoms with Crippen molar-refractivity contribution in [3.05, 3.63) is 247 Å². The summed E-state index contributed by atoms with van der Waals surface area (Å²) >= 11 is 0. The molecule has 0 aromatic heterocycles. The van der Waals surface area contributed by atoms with Crippen molar-refractivity contribution in [3.63, 3.8) is 0 Å². The van der Waals surface area contributed by atoms with Crippen molar-refractivity contribution in [1.82, 2.24) is 0 Å². The van der Waals surface area contributed by atoms with Crippen LogP contribution in [-0.4, -0.2) is 0 Å². The Morgan fingerprint density at radius 3 is 1.85 bits per heavy atom. The number of hydrogen-bond donors (Lipinski definition) is 0. The van der Waals surface area contributed by atoms with Crippen molar-refractivity contribution in [2.75, 3.05) is 4.90 Å². The minimum Gasteiger partial charge on any atom is -0.457 e. The summed E-state index contributed by atoms with van der Waals surface area (Å²) in [5, 5.41) is 4.85. The molecule has 1 heterocycles. The van der Waals surface area contributed by atoms with Crippen LogP contribution in [0.2, 0.25) is 0 Å². The Labute approximate surface area is 343 Å². The molecule has 10 aromatic carbocycles. The summed E-state index contributed by atoms with van der Waals surface area (Å²) in [4.78, 5) is 2.47. The molecule has 2 nitrogen and oxygen atoms in total. The van der Waals surface area contributed by atoms with Crippen LogP contribution in [0.4, 0.5) is 17.1 Å². The van der Waals surface area contributed by atoms with Crippen LogP contribution in [0.15, 0.2) is 224 Å². The fourth-order valence-electron chi connectivity index (χ4n) is 9.92. The molecule has 1 aliphatic carbocycles. The van der Waals surface area contributed by atoms with Gasteiger partial charge in [-0.05, 0) is 97.6 Å². The molecule has 0 radical (unpaired) electrons. The van der Waals surface area contributed by atoms with E-state index in [1.165, 1.54) is 60.5 Å².